The summed E-state index contributed by atoms with van der Waals surface area (Å²) in [4.78, 5) is 23.4. The summed E-state index contributed by atoms with van der Waals surface area (Å²) in [6.07, 6.45) is 1.75. The molecule has 138 valence electrons. The normalized spacial score (nSPS) is 14.4. The van der Waals surface area contributed by atoms with Crippen LogP contribution in [0.5, 0.6) is 0 Å². The van der Waals surface area contributed by atoms with Crippen LogP contribution < -0.4 is 9.80 Å². The second kappa shape index (κ2) is 8.21. The molecule has 1 aliphatic rings. The van der Waals surface area contributed by atoms with Gasteiger partial charge < -0.3 is 14.7 Å². The number of hydrogen-bond donors (Lipinski definition) is 0. The predicted molar refractivity (Wildman–Crippen MR) is 107 cm³/mol. The number of anilines is 2. The molecule has 26 heavy (non-hydrogen) atoms. The molecule has 5 heteroatoms. The van der Waals surface area contributed by atoms with Gasteiger partial charge >= 0.3 is 0 Å². The van der Waals surface area contributed by atoms with E-state index < -0.39 is 0 Å². The maximum Gasteiger partial charge on any atom is 0.272 e. The van der Waals surface area contributed by atoms with Gasteiger partial charge in [-0.2, -0.15) is 0 Å². The van der Waals surface area contributed by atoms with Gasteiger partial charge in [-0.1, -0.05) is 12.1 Å². The van der Waals surface area contributed by atoms with Gasteiger partial charge in [-0.15, -0.1) is 0 Å². The van der Waals surface area contributed by atoms with Gasteiger partial charge in [-0.05, 0) is 50.6 Å². The summed E-state index contributed by atoms with van der Waals surface area (Å²) in [5.41, 5.74) is 4.20. The first kappa shape index (κ1) is 18.2. The summed E-state index contributed by atoms with van der Waals surface area (Å²) in [6, 6.07) is 12.6. The molecular formula is C21H28N4O. The highest BCUT2D eigenvalue weighted by atomic mass is 16.2. The molecule has 1 aromatic carbocycles. The Morgan fingerprint density at radius 3 is 2.19 bits per heavy atom. The molecule has 0 bridgehead atoms. The molecule has 0 spiro atoms. The molecule has 1 saturated heterocycles. The Labute approximate surface area is 156 Å². The largest absolute Gasteiger partial charge is 0.368 e. The van der Waals surface area contributed by atoms with E-state index >= 15 is 0 Å². The molecule has 2 aromatic rings. The number of aromatic nitrogens is 1. The van der Waals surface area contributed by atoms with E-state index in [-0.39, 0.29) is 5.91 Å². The van der Waals surface area contributed by atoms with Crippen LogP contribution in [0.2, 0.25) is 0 Å². The van der Waals surface area contributed by atoms with Crippen molar-refractivity contribution < 1.29 is 4.79 Å². The van der Waals surface area contributed by atoms with Crippen LogP contribution in [0, 0.1) is 6.92 Å². The number of rotatable bonds is 5. The van der Waals surface area contributed by atoms with Crippen LogP contribution in [-0.2, 0) is 0 Å². The summed E-state index contributed by atoms with van der Waals surface area (Å²) in [6.45, 7) is 11.4. The Hall–Kier alpha value is -2.56. The van der Waals surface area contributed by atoms with Gasteiger partial charge in [0.25, 0.3) is 5.91 Å². The van der Waals surface area contributed by atoms with Crippen molar-refractivity contribution in [3.63, 3.8) is 0 Å². The van der Waals surface area contributed by atoms with Crippen molar-refractivity contribution in [3.8, 4) is 0 Å². The highest BCUT2D eigenvalue weighted by Crippen LogP contribution is 2.22. The lowest BCUT2D eigenvalue weighted by Crippen LogP contribution is -2.46. The Morgan fingerprint density at radius 1 is 1.00 bits per heavy atom. The first-order valence-corrected chi connectivity index (χ1v) is 9.44. The Morgan fingerprint density at radius 2 is 1.62 bits per heavy atom. The number of aryl methyl sites for hydroxylation is 1. The minimum atomic E-state index is 0.00949. The third-order valence-corrected chi connectivity index (χ3v) is 5.02. The molecule has 0 radical (unpaired) electrons. The third kappa shape index (κ3) is 3.98. The summed E-state index contributed by atoms with van der Waals surface area (Å²) < 4.78 is 0. The number of carbonyl (C=O) groups excluding carboxylic acids is 1. The maximum atomic E-state index is 12.5. The lowest BCUT2D eigenvalue weighted by molar-refractivity contribution is 0.0767. The van der Waals surface area contributed by atoms with Crippen molar-refractivity contribution in [2.45, 2.75) is 20.8 Å². The van der Waals surface area contributed by atoms with E-state index in [2.05, 4.69) is 46.0 Å². The standard InChI is InChI=1S/C21H28N4O/c1-4-23(5-2)21(26)20-16-19(9-10-22-20)25-13-11-24(12-14-25)18-8-6-7-17(3)15-18/h6-10,15-16H,4-5,11-14H2,1-3H3. The Balaban J connectivity index is 1.68. The zero-order valence-electron chi connectivity index (χ0n) is 16.0. The monoisotopic (exact) mass is 352 g/mol. The number of benzene rings is 1. The topological polar surface area (TPSA) is 39.7 Å². The summed E-state index contributed by atoms with van der Waals surface area (Å²) in [5.74, 6) is 0.00949. The van der Waals surface area contributed by atoms with Crippen LogP contribution in [0.25, 0.3) is 0 Å². The average Bonchev–Trinajstić information content (AvgIpc) is 2.69. The van der Waals surface area contributed by atoms with Gasteiger partial charge in [0, 0.05) is 56.8 Å². The summed E-state index contributed by atoms with van der Waals surface area (Å²) in [5, 5.41) is 0. The van der Waals surface area contributed by atoms with Gasteiger partial charge in [-0.3, -0.25) is 9.78 Å². The van der Waals surface area contributed by atoms with Crippen molar-refractivity contribution in [3.05, 3.63) is 53.9 Å². The molecule has 0 unspecified atom stereocenters. The first-order chi connectivity index (χ1) is 12.6. The van der Waals surface area contributed by atoms with Crippen LogP contribution in [0.1, 0.15) is 29.9 Å². The lowest BCUT2D eigenvalue weighted by atomic mass is 10.2. The molecule has 1 fully saturated rings. The summed E-state index contributed by atoms with van der Waals surface area (Å²) in [7, 11) is 0. The number of carbonyl (C=O) groups is 1. The molecule has 0 N–H and O–H groups in total. The lowest BCUT2D eigenvalue weighted by Gasteiger charge is -2.37. The molecule has 0 atom stereocenters. The molecule has 1 aromatic heterocycles. The number of pyridine rings is 1. The van der Waals surface area contributed by atoms with Crippen molar-refractivity contribution in [2.75, 3.05) is 49.1 Å². The van der Waals surface area contributed by atoms with Crippen molar-refractivity contribution in [1.29, 1.82) is 0 Å². The van der Waals surface area contributed by atoms with E-state index in [0.717, 1.165) is 31.9 Å². The van der Waals surface area contributed by atoms with E-state index in [0.29, 0.717) is 18.8 Å². The molecule has 5 nitrogen and oxygen atoms in total. The van der Waals surface area contributed by atoms with E-state index in [1.807, 2.05) is 30.9 Å². The second-order valence-corrected chi connectivity index (χ2v) is 6.69. The van der Waals surface area contributed by atoms with Gasteiger partial charge in [0.15, 0.2) is 0 Å². The Bertz CT molecular complexity index is 749. The van der Waals surface area contributed by atoms with E-state index in [4.69, 9.17) is 0 Å². The van der Waals surface area contributed by atoms with E-state index in [1.165, 1.54) is 11.3 Å². The molecule has 0 saturated carbocycles. The number of piperazine rings is 1. The highest BCUT2D eigenvalue weighted by molar-refractivity contribution is 5.93. The fraction of sp³-hybridized carbons (Fsp3) is 0.429. The number of nitrogens with zero attached hydrogens (tertiary/aromatic N) is 4. The number of amides is 1. The fourth-order valence-corrected chi connectivity index (χ4v) is 3.45. The van der Waals surface area contributed by atoms with Crippen molar-refractivity contribution >= 4 is 17.3 Å². The van der Waals surface area contributed by atoms with Gasteiger partial charge in [-0.25, -0.2) is 0 Å². The van der Waals surface area contributed by atoms with Crippen LogP contribution >= 0.6 is 0 Å². The van der Waals surface area contributed by atoms with Crippen LogP contribution in [-0.4, -0.2) is 55.1 Å². The van der Waals surface area contributed by atoms with Crippen molar-refractivity contribution in [1.82, 2.24) is 9.88 Å². The zero-order chi connectivity index (χ0) is 18.5. The minimum absolute atomic E-state index is 0.00949. The SMILES string of the molecule is CCN(CC)C(=O)c1cc(N2CCN(c3cccc(C)c3)CC2)ccn1. The van der Waals surface area contributed by atoms with Gasteiger partial charge in [0.1, 0.15) is 5.69 Å². The van der Waals surface area contributed by atoms with E-state index in [9.17, 15) is 4.79 Å². The second-order valence-electron chi connectivity index (χ2n) is 6.69. The first-order valence-electron chi connectivity index (χ1n) is 9.44. The average molecular weight is 352 g/mol. The summed E-state index contributed by atoms with van der Waals surface area (Å²) >= 11 is 0. The van der Waals surface area contributed by atoms with Gasteiger partial charge in [0.05, 0.1) is 0 Å². The molecule has 1 amide bonds. The van der Waals surface area contributed by atoms with Crippen LogP contribution in [0.15, 0.2) is 42.6 Å². The smallest absolute Gasteiger partial charge is 0.272 e. The highest BCUT2D eigenvalue weighted by Gasteiger charge is 2.20. The molecule has 3 rings (SSSR count). The molecule has 0 aliphatic carbocycles. The zero-order valence-corrected chi connectivity index (χ0v) is 16.0. The van der Waals surface area contributed by atoms with Crippen LogP contribution in [0.4, 0.5) is 11.4 Å². The Kier molecular flexibility index (Phi) is 5.76. The fourth-order valence-electron chi connectivity index (χ4n) is 3.45. The van der Waals surface area contributed by atoms with E-state index in [1.54, 1.807) is 6.20 Å². The maximum absolute atomic E-state index is 12.5. The minimum Gasteiger partial charge on any atom is -0.368 e. The molecular weight excluding hydrogens is 324 g/mol. The third-order valence-electron chi connectivity index (χ3n) is 5.02. The quantitative estimate of drug-likeness (QED) is 0.828. The molecule has 2 heterocycles. The van der Waals surface area contributed by atoms with Gasteiger partial charge in [0.2, 0.25) is 0 Å². The predicted octanol–water partition coefficient (Wildman–Crippen LogP) is 3.20. The molecule has 1 aliphatic heterocycles. The number of hydrogen-bond acceptors (Lipinski definition) is 4. The van der Waals surface area contributed by atoms with Crippen LogP contribution in [0.3, 0.4) is 0 Å². The van der Waals surface area contributed by atoms with Crippen molar-refractivity contribution in [2.24, 2.45) is 0 Å².